The van der Waals surface area contributed by atoms with Crippen LogP contribution in [0.3, 0.4) is 0 Å². The number of hydrogen-bond acceptors (Lipinski definition) is 1. The summed E-state index contributed by atoms with van der Waals surface area (Å²) in [6, 6.07) is 17.5. The predicted octanol–water partition coefficient (Wildman–Crippen LogP) is 6.29. The number of nitrogens with zero attached hydrogens (tertiary/aromatic N) is 2. The lowest BCUT2D eigenvalue weighted by Crippen LogP contribution is -2.22. The molecule has 0 fully saturated rings. The number of hydrogen-bond donors (Lipinski definition) is 0. The van der Waals surface area contributed by atoms with Crippen molar-refractivity contribution in [2.45, 2.75) is 46.1 Å². The maximum Gasteiger partial charge on any atom is 0.673 e. The first-order valence-electron chi connectivity index (χ1n) is 9.96. The number of benzene rings is 2. The minimum Gasteiger partial charge on any atom is -0.418 e. The van der Waals surface area contributed by atoms with Crippen molar-refractivity contribution in [3.8, 4) is 0 Å². The molecule has 0 N–H and O–H groups in total. The van der Waals surface area contributed by atoms with E-state index in [1.807, 2.05) is 0 Å². The highest BCUT2D eigenvalue weighted by molar-refractivity contribution is 6.50. The highest BCUT2D eigenvalue weighted by Gasteiger charge is 2.28. The smallest absolute Gasteiger partial charge is 0.418 e. The van der Waals surface area contributed by atoms with E-state index in [4.69, 9.17) is 0 Å². The van der Waals surface area contributed by atoms with Gasteiger partial charge >= 0.3 is 7.25 Å². The molecule has 2 nitrogen and oxygen atoms in total. The molecule has 0 saturated carbocycles. The van der Waals surface area contributed by atoms with Gasteiger partial charge in [0, 0.05) is 11.1 Å². The molecule has 0 unspecified atom stereocenters. The molecule has 158 valence electrons. The number of para-hydroxylation sites is 1. The molecule has 0 radical (unpaired) electrons. The fraction of sp³-hybridized carbons (Fsp3) is 0.409. The Morgan fingerprint density at radius 2 is 1.38 bits per heavy atom. The molecule has 0 spiro atoms. The van der Waals surface area contributed by atoms with E-state index in [-0.39, 0.29) is 0 Å². The Morgan fingerprint density at radius 3 is 1.86 bits per heavy atom. The molecule has 1 heterocycles. The van der Waals surface area contributed by atoms with Gasteiger partial charge in [0.2, 0.25) is 6.34 Å². The minimum atomic E-state index is -6.00. The average molecular weight is 408 g/mol. The average Bonchev–Trinajstić information content (AvgIpc) is 3.08. The van der Waals surface area contributed by atoms with Crippen LogP contribution in [0.5, 0.6) is 0 Å². The van der Waals surface area contributed by atoms with Crippen LogP contribution in [0.25, 0.3) is 0 Å². The second kappa shape index (κ2) is 9.94. The van der Waals surface area contributed by atoms with Crippen molar-refractivity contribution in [1.29, 1.82) is 0 Å². The van der Waals surface area contributed by atoms with E-state index < -0.39 is 7.25 Å². The first-order chi connectivity index (χ1) is 13.6. The van der Waals surface area contributed by atoms with Gasteiger partial charge in [-0.3, -0.25) is 4.58 Å². The third-order valence-electron chi connectivity index (χ3n) is 4.79. The summed E-state index contributed by atoms with van der Waals surface area (Å²) in [5.41, 5.74) is 5.72. The van der Waals surface area contributed by atoms with Crippen molar-refractivity contribution >= 4 is 19.3 Å². The summed E-state index contributed by atoms with van der Waals surface area (Å²) >= 11 is 0. The topological polar surface area (TPSA) is 6.25 Å². The van der Waals surface area contributed by atoms with Gasteiger partial charge in [-0.15, -0.1) is 0 Å². The number of halogens is 4. The van der Waals surface area contributed by atoms with Crippen LogP contribution in [0.1, 0.15) is 56.2 Å². The Morgan fingerprint density at radius 1 is 0.862 bits per heavy atom. The molecule has 1 aliphatic heterocycles. The number of anilines is 1. The van der Waals surface area contributed by atoms with Gasteiger partial charge in [0.15, 0.2) is 0 Å². The van der Waals surface area contributed by atoms with E-state index >= 15 is 0 Å². The molecule has 1 aliphatic rings. The van der Waals surface area contributed by atoms with E-state index in [9.17, 15) is 17.3 Å². The van der Waals surface area contributed by atoms with E-state index in [0.717, 1.165) is 19.6 Å². The predicted molar refractivity (Wildman–Crippen MR) is 113 cm³/mol. The summed E-state index contributed by atoms with van der Waals surface area (Å²) in [6.07, 6.45) is 2.32. The molecule has 7 heteroatoms. The second-order valence-electron chi connectivity index (χ2n) is 7.85. The summed E-state index contributed by atoms with van der Waals surface area (Å²) in [6.45, 7) is 12.3. The van der Waals surface area contributed by atoms with Crippen molar-refractivity contribution < 1.29 is 21.8 Å². The maximum atomic E-state index is 9.75. The lowest BCUT2D eigenvalue weighted by Gasteiger charge is -2.20. The first kappa shape index (κ1) is 23.0. The Hall–Kier alpha value is -2.31. The zero-order valence-electron chi connectivity index (χ0n) is 17.5. The Balaban J connectivity index is 0.000000537. The lowest BCUT2D eigenvalue weighted by atomic mass is 9.92. The Kier molecular flexibility index (Phi) is 7.88. The van der Waals surface area contributed by atoms with Gasteiger partial charge in [-0.1, -0.05) is 76.2 Å². The first-order valence-corrected chi connectivity index (χ1v) is 9.96. The molecule has 0 bridgehead atoms. The van der Waals surface area contributed by atoms with Gasteiger partial charge in [0.1, 0.15) is 25.3 Å². The fourth-order valence-corrected chi connectivity index (χ4v) is 3.50. The zero-order valence-corrected chi connectivity index (χ0v) is 17.5. The Bertz CT molecular complexity index is 785. The molecule has 0 atom stereocenters. The van der Waals surface area contributed by atoms with E-state index in [1.165, 1.54) is 22.4 Å². The summed E-state index contributed by atoms with van der Waals surface area (Å²) in [7, 11) is -6.00. The van der Waals surface area contributed by atoms with Crippen molar-refractivity contribution in [2.75, 3.05) is 18.0 Å². The molecule has 0 saturated heterocycles. The largest absolute Gasteiger partial charge is 0.673 e. The summed E-state index contributed by atoms with van der Waals surface area (Å²) in [5.74, 6) is 1.07. The van der Waals surface area contributed by atoms with Crippen LogP contribution in [-0.4, -0.2) is 31.3 Å². The van der Waals surface area contributed by atoms with Crippen molar-refractivity contribution in [2.24, 2.45) is 0 Å². The van der Waals surface area contributed by atoms with E-state index in [0.29, 0.717) is 11.8 Å². The van der Waals surface area contributed by atoms with Gasteiger partial charge in [-0.05, 0) is 17.4 Å². The normalized spacial score (nSPS) is 14.1. The monoisotopic (exact) mass is 408 g/mol. The van der Waals surface area contributed by atoms with Crippen molar-refractivity contribution in [3.05, 3.63) is 65.2 Å². The highest BCUT2D eigenvalue weighted by Crippen LogP contribution is 2.35. The van der Waals surface area contributed by atoms with Crippen LogP contribution >= 0.6 is 0 Å². The maximum absolute atomic E-state index is 9.75. The molecule has 29 heavy (non-hydrogen) atoms. The van der Waals surface area contributed by atoms with Crippen LogP contribution in [0.2, 0.25) is 0 Å². The molecular formula is C22H29BF4N2. The summed E-state index contributed by atoms with van der Waals surface area (Å²) < 4.78 is 41.4. The minimum absolute atomic E-state index is 0.537. The molecule has 0 aliphatic carbocycles. The highest BCUT2D eigenvalue weighted by atomic mass is 19.5. The van der Waals surface area contributed by atoms with E-state index in [2.05, 4.69) is 92.0 Å². The van der Waals surface area contributed by atoms with Crippen LogP contribution in [-0.2, 0) is 6.54 Å². The van der Waals surface area contributed by atoms with Crippen molar-refractivity contribution in [1.82, 2.24) is 0 Å². The third kappa shape index (κ3) is 7.22. The summed E-state index contributed by atoms with van der Waals surface area (Å²) in [4.78, 5) is 2.47. The molecule has 3 rings (SSSR count). The zero-order chi connectivity index (χ0) is 21.6. The summed E-state index contributed by atoms with van der Waals surface area (Å²) in [5, 5.41) is 0. The van der Waals surface area contributed by atoms with Crippen LogP contribution in [0, 0.1) is 0 Å². The van der Waals surface area contributed by atoms with Crippen LogP contribution < -0.4 is 4.90 Å². The van der Waals surface area contributed by atoms with E-state index in [1.54, 1.807) is 0 Å². The standard InChI is InChI=1S/C22H29N2.BF4/c1-17(2)20-11-8-12-21(18(3)4)22(20)24-14-13-23(16-24)15-19-9-6-5-7-10-19;2-1(3,4)5/h5-12,16-18H,13-15H2,1-4H3;/q+1;-1. The van der Waals surface area contributed by atoms with Gasteiger partial charge in [0.05, 0.1) is 0 Å². The fourth-order valence-electron chi connectivity index (χ4n) is 3.50. The Labute approximate surface area is 171 Å². The van der Waals surface area contributed by atoms with Crippen LogP contribution in [0.15, 0.2) is 48.5 Å². The molecule has 0 amide bonds. The van der Waals surface area contributed by atoms with Gasteiger partial charge in [-0.2, -0.15) is 0 Å². The molecule has 0 aromatic heterocycles. The lowest BCUT2D eigenvalue weighted by molar-refractivity contribution is -0.530. The molecular weight excluding hydrogens is 379 g/mol. The second-order valence-corrected chi connectivity index (χ2v) is 7.85. The number of rotatable bonds is 5. The third-order valence-corrected chi connectivity index (χ3v) is 4.79. The van der Waals surface area contributed by atoms with Gasteiger partial charge in [-0.25, -0.2) is 4.90 Å². The van der Waals surface area contributed by atoms with Gasteiger partial charge < -0.3 is 17.3 Å². The molecule has 2 aromatic rings. The van der Waals surface area contributed by atoms with Crippen molar-refractivity contribution in [3.63, 3.8) is 0 Å². The quantitative estimate of drug-likeness (QED) is 0.320. The molecule has 2 aromatic carbocycles. The van der Waals surface area contributed by atoms with Crippen LogP contribution in [0.4, 0.5) is 23.0 Å². The SMILES string of the molecule is CC(C)c1cccc(C(C)C)c1N1C=[N+](Cc2ccccc2)CC1.F[B-](F)(F)F. The van der Waals surface area contributed by atoms with Gasteiger partial charge in [0.25, 0.3) is 0 Å².